The molecule has 1 aliphatic rings. The summed E-state index contributed by atoms with van der Waals surface area (Å²) in [5, 5.41) is 7.04. The number of rotatable bonds is 4. The van der Waals surface area contributed by atoms with Crippen molar-refractivity contribution >= 4 is 6.03 Å². The molecule has 0 radical (unpaired) electrons. The van der Waals surface area contributed by atoms with E-state index in [4.69, 9.17) is 4.74 Å². The van der Waals surface area contributed by atoms with Gasteiger partial charge in [0.15, 0.2) is 0 Å². The van der Waals surface area contributed by atoms with Gasteiger partial charge < -0.3 is 15.0 Å². The standard InChI is InChI=1S/C16H21N5O2/c1-13-9-20(6-7-23-13)16(22)18-8-14-2-4-15(5-3-14)10-21-12-17-11-19-21/h2-5,11-13H,6-10H2,1H3,(H,18,22)/t13-/m1/s1. The van der Waals surface area contributed by atoms with Crippen LogP contribution < -0.4 is 5.32 Å². The van der Waals surface area contributed by atoms with E-state index in [1.807, 2.05) is 31.2 Å². The number of urea groups is 1. The third-order valence-corrected chi connectivity index (χ3v) is 3.81. The number of ether oxygens (including phenoxy) is 1. The smallest absolute Gasteiger partial charge is 0.317 e. The predicted octanol–water partition coefficient (Wildman–Crippen LogP) is 1.26. The van der Waals surface area contributed by atoms with E-state index in [9.17, 15) is 4.79 Å². The lowest BCUT2D eigenvalue weighted by Gasteiger charge is -2.31. The largest absolute Gasteiger partial charge is 0.375 e. The van der Waals surface area contributed by atoms with Gasteiger partial charge in [-0.2, -0.15) is 5.10 Å². The van der Waals surface area contributed by atoms with Gasteiger partial charge in [-0.3, -0.25) is 0 Å². The number of benzene rings is 1. The van der Waals surface area contributed by atoms with E-state index in [0.717, 1.165) is 11.1 Å². The summed E-state index contributed by atoms with van der Waals surface area (Å²) < 4.78 is 7.22. The second kappa shape index (κ2) is 7.23. The molecule has 2 aromatic rings. The number of nitrogens with one attached hydrogen (secondary N) is 1. The maximum Gasteiger partial charge on any atom is 0.317 e. The average Bonchev–Trinajstić information content (AvgIpc) is 3.07. The number of hydrogen-bond acceptors (Lipinski definition) is 4. The number of morpholine rings is 1. The normalized spacial score (nSPS) is 18.0. The minimum atomic E-state index is -0.0353. The second-order valence-electron chi connectivity index (χ2n) is 5.70. The molecule has 2 amide bonds. The molecule has 0 aliphatic carbocycles. The third kappa shape index (κ3) is 4.29. The van der Waals surface area contributed by atoms with E-state index >= 15 is 0 Å². The number of nitrogens with zero attached hydrogens (tertiary/aromatic N) is 4. The summed E-state index contributed by atoms with van der Waals surface area (Å²) in [5.74, 6) is 0. The van der Waals surface area contributed by atoms with E-state index in [-0.39, 0.29) is 12.1 Å². The molecule has 1 aromatic heterocycles. The molecule has 1 atom stereocenters. The number of carbonyl (C=O) groups excluding carboxylic acids is 1. The molecule has 0 spiro atoms. The zero-order valence-corrected chi connectivity index (χ0v) is 13.2. The maximum atomic E-state index is 12.1. The zero-order valence-electron chi connectivity index (χ0n) is 13.2. The maximum absolute atomic E-state index is 12.1. The van der Waals surface area contributed by atoms with Crippen LogP contribution in [0.25, 0.3) is 0 Å². The average molecular weight is 315 g/mol. The molecule has 2 heterocycles. The van der Waals surface area contributed by atoms with Crippen molar-refractivity contribution in [3.8, 4) is 0 Å². The van der Waals surface area contributed by atoms with Crippen LogP contribution in [-0.2, 0) is 17.8 Å². The van der Waals surface area contributed by atoms with Crippen molar-refractivity contribution in [3.63, 3.8) is 0 Å². The monoisotopic (exact) mass is 315 g/mol. The molecule has 0 bridgehead atoms. The number of hydrogen-bond donors (Lipinski definition) is 1. The molecule has 23 heavy (non-hydrogen) atoms. The van der Waals surface area contributed by atoms with Crippen LogP contribution in [-0.4, -0.2) is 51.5 Å². The van der Waals surface area contributed by atoms with Gasteiger partial charge in [-0.1, -0.05) is 24.3 Å². The molecular weight excluding hydrogens is 294 g/mol. The quantitative estimate of drug-likeness (QED) is 0.922. The van der Waals surface area contributed by atoms with Crippen molar-refractivity contribution < 1.29 is 9.53 Å². The fraction of sp³-hybridized carbons (Fsp3) is 0.438. The number of amides is 2. The molecule has 122 valence electrons. The molecule has 0 saturated carbocycles. The number of carbonyl (C=O) groups is 1. The van der Waals surface area contributed by atoms with Crippen molar-refractivity contribution in [3.05, 3.63) is 48.0 Å². The molecule has 3 rings (SSSR count). The molecular formula is C16H21N5O2. The summed E-state index contributed by atoms with van der Waals surface area (Å²) in [6, 6.07) is 8.09. The fourth-order valence-electron chi connectivity index (χ4n) is 2.56. The Morgan fingerprint density at radius 3 is 2.83 bits per heavy atom. The summed E-state index contributed by atoms with van der Waals surface area (Å²) >= 11 is 0. The lowest BCUT2D eigenvalue weighted by molar-refractivity contribution is -0.00351. The summed E-state index contributed by atoms with van der Waals surface area (Å²) in [5.41, 5.74) is 2.22. The lowest BCUT2D eigenvalue weighted by Crippen LogP contribution is -2.48. The molecule has 7 heteroatoms. The van der Waals surface area contributed by atoms with Crippen molar-refractivity contribution in [2.45, 2.75) is 26.1 Å². The first-order chi connectivity index (χ1) is 11.2. The van der Waals surface area contributed by atoms with Gasteiger partial charge in [0.1, 0.15) is 12.7 Å². The highest BCUT2D eigenvalue weighted by atomic mass is 16.5. The van der Waals surface area contributed by atoms with Crippen molar-refractivity contribution in [1.29, 1.82) is 0 Å². The van der Waals surface area contributed by atoms with Crippen molar-refractivity contribution in [1.82, 2.24) is 25.0 Å². The van der Waals surface area contributed by atoms with E-state index < -0.39 is 0 Å². The molecule has 1 aromatic carbocycles. The van der Waals surface area contributed by atoms with Crippen molar-refractivity contribution in [2.24, 2.45) is 0 Å². The Balaban J connectivity index is 1.49. The van der Waals surface area contributed by atoms with E-state index in [0.29, 0.717) is 32.8 Å². The first-order valence-electron chi connectivity index (χ1n) is 7.75. The van der Waals surface area contributed by atoms with Gasteiger partial charge in [0.2, 0.25) is 0 Å². The van der Waals surface area contributed by atoms with Crippen LogP contribution >= 0.6 is 0 Å². The first-order valence-corrected chi connectivity index (χ1v) is 7.75. The SMILES string of the molecule is C[C@@H]1CN(C(=O)NCc2ccc(Cn3cncn3)cc2)CCO1. The van der Waals surface area contributed by atoms with Gasteiger partial charge in [0.25, 0.3) is 0 Å². The van der Waals surface area contributed by atoms with Crippen LogP contribution in [0.3, 0.4) is 0 Å². The Labute approximate surface area is 135 Å². The van der Waals surface area contributed by atoms with Crippen LogP contribution in [0.5, 0.6) is 0 Å². The Bertz CT molecular complexity index is 626. The van der Waals surface area contributed by atoms with E-state index in [1.165, 1.54) is 6.33 Å². The van der Waals surface area contributed by atoms with Gasteiger partial charge in [-0.15, -0.1) is 0 Å². The van der Waals surface area contributed by atoms with Gasteiger partial charge in [0, 0.05) is 19.6 Å². The summed E-state index contributed by atoms with van der Waals surface area (Å²) in [4.78, 5) is 17.9. The molecule has 1 fully saturated rings. The fourth-order valence-corrected chi connectivity index (χ4v) is 2.56. The van der Waals surface area contributed by atoms with Gasteiger partial charge in [-0.25, -0.2) is 14.5 Å². The van der Waals surface area contributed by atoms with Crippen LogP contribution in [0, 0.1) is 0 Å². The van der Waals surface area contributed by atoms with Crippen LogP contribution in [0.15, 0.2) is 36.9 Å². The van der Waals surface area contributed by atoms with Crippen LogP contribution in [0.4, 0.5) is 4.79 Å². The lowest BCUT2D eigenvalue weighted by atomic mass is 10.1. The summed E-state index contributed by atoms with van der Waals surface area (Å²) in [6.07, 6.45) is 3.32. The summed E-state index contributed by atoms with van der Waals surface area (Å²) in [6.45, 7) is 5.08. The van der Waals surface area contributed by atoms with Gasteiger partial charge >= 0.3 is 6.03 Å². The van der Waals surface area contributed by atoms with E-state index in [1.54, 1.807) is 15.9 Å². The minimum absolute atomic E-state index is 0.0353. The Morgan fingerprint density at radius 1 is 1.35 bits per heavy atom. The van der Waals surface area contributed by atoms with Crippen LogP contribution in [0.2, 0.25) is 0 Å². The highest BCUT2D eigenvalue weighted by Gasteiger charge is 2.20. The Morgan fingerprint density at radius 2 is 2.13 bits per heavy atom. The molecule has 1 saturated heterocycles. The number of aromatic nitrogens is 3. The van der Waals surface area contributed by atoms with Crippen molar-refractivity contribution in [2.75, 3.05) is 19.7 Å². The third-order valence-electron chi connectivity index (χ3n) is 3.81. The Hall–Kier alpha value is -2.41. The topological polar surface area (TPSA) is 72.3 Å². The van der Waals surface area contributed by atoms with E-state index in [2.05, 4.69) is 15.4 Å². The zero-order chi connectivity index (χ0) is 16.1. The first kappa shape index (κ1) is 15.5. The minimum Gasteiger partial charge on any atom is -0.375 e. The van der Waals surface area contributed by atoms with Gasteiger partial charge in [0.05, 0.1) is 19.3 Å². The highest BCUT2D eigenvalue weighted by Crippen LogP contribution is 2.07. The van der Waals surface area contributed by atoms with Crippen LogP contribution in [0.1, 0.15) is 18.1 Å². The van der Waals surface area contributed by atoms with Gasteiger partial charge in [-0.05, 0) is 18.1 Å². The molecule has 0 unspecified atom stereocenters. The molecule has 7 nitrogen and oxygen atoms in total. The molecule has 1 N–H and O–H groups in total. The predicted molar refractivity (Wildman–Crippen MR) is 84.8 cm³/mol. The molecule has 1 aliphatic heterocycles. The highest BCUT2D eigenvalue weighted by molar-refractivity contribution is 5.74. The summed E-state index contributed by atoms with van der Waals surface area (Å²) in [7, 11) is 0. The Kier molecular flexibility index (Phi) is 4.87. The second-order valence-corrected chi connectivity index (χ2v) is 5.70.